The van der Waals surface area contributed by atoms with Gasteiger partial charge in [-0.3, -0.25) is 0 Å². The first kappa shape index (κ1) is 12.9. The predicted molar refractivity (Wildman–Crippen MR) is 80.0 cm³/mol. The van der Waals surface area contributed by atoms with Crippen LogP contribution in [0, 0.1) is 5.92 Å². The Labute approximate surface area is 121 Å². The maximum atomic E-state index is 6.03. The quantitative estimate of drug-likeness (QED) is 0.943. The van der Waals surface area contributed by atoms with Gasteiger partial charge in [-0.05, 0) is 43.4 Å². The molecule has 2 aromatic rings. The summed E-state index contributed by atoms with van der Waals surface area (Å²) in [5, 5.41) is 0. The topological polar surface area (TPSA) is 53.1 Å². The average molecular weight is 324 g/mol. The normalized spacial score (nSPS) is 17.1. The van der Waals surface area contributed by atoms with Gasteiger partial charge in [0.25, 0.3) is 0 Å². The first-order valence-electron chi connectivity index (χ1n) is 6.73. The second-order valence-electron chi connectivity index (χ2n) is 5.10. The molecule has 0 spiro atoms. The molecule has 0 unspecified atom stereocenters. The lowest BCUT2D eigenvalue weighted by molar-refractivity contribution is 0.0627. The highest BCUT2D eigenvalue weighted by Gasteiger charge is 2.15. The first-order valence-corrected chi connectivity index (χ1v) is 7.52. The molecule has 0 saturated carbocycles. The minimum Gasteiger partial charge on any atom is -0.381 e. The number of fused-ring (bicyclic) bond motifs is 1. The Bertz CT molecular complexity index is 575. The maximum absolute atomic E-state index is 6.03. The molecule has 3 rings (SSSR count). The van der Waals surface area contributed by atoms with Crippen molar-refractivity contribution in [2.24, 2.45) is 5.92 Å². The number of aryl methyl sites for hydroxylation is 1. The molecule has 1 fully saturated rings. The third kappa shape index (κ3) is 2.77. The average Bonchev–Trinajstić information content (AvgIpc) is 2.72. The summed E-state index contributed by atoms with van der Waals surface area (Å²) < 4.78 is 8.55. The molecule has 0 atom stereocenters. The number of nitrogens with two attached hydrogens (primary N) is 1. The second kappa shape index (κ2) is 5.51. The summed E-state index contributed by atoms with van der Waals surface area (Å²) in [4.78, 5) is 4.42. The number of rotatable bonds is 3. The van der Waals surface area contributed by atoms with E-state index in [1.54, 1.807) is 0 Å². The Morgan fingerprint density at radius 2 is 2.16 bits per heavy atom. The third-order valence-electron chi connectivity index (χ3n) is 3.84. The van der Waals surface area contributed by atoms with Crippen molar-refractivity contribution in [2.45, 2.75) is 25.8 Å². The molecule has 2 N–H and O–H groups in total. The summed E-state index contributed by atoms with van der Waals surface area (Å²) >= 11 is 3.46. The van der Waals surface area contributed by atoms with Gasteiger partial charge in [0.05, 0.1) is 11.0 Å². The number of hydrogen-bond acceptors (Lipinski definition) is 3. The van der Waals surface area contributed by atoms with Gasteiger partial charge in [0, 0.05) is 24.2 Å². The van der Waals surface area contributed by atoms with Crippen LogP contribution in [0.1, 0.15) is 19.3 Å². The summed E-state index contributed by atoms with van der Waals surface area (Å²) in [6.45, 7) is 2.74. The Kier molecular flexibility index (Phi) is 3.75. The monoisotopic (exact) mass is 323 g/mol. The third-order valence-corrected chi connectivity index (χ3v) is 4.33. The van der Waals surface area contributed by atoms with Gasteiger partial charge in [0.15, 0.2) is 0 Å². The van der Waals surface area contributed by atoms with E-state index in [1.807, 2.05) is 12.1 Å². The molecule has 0 radical (unpaired) electrons. The van der Waals surface area contributed by atoms with Crippen molar-refractivity contribution in [3.05, 3.63) is 22.7 Å². The largest absolute Gasteiger partial charge is 0.381 e. The Morgan fingerprint density at radius 3 is 2.95 bits per heavy atom. The fourth-order valence-corrected chi connectivity index (χ4v) is 3.05. The van der Waals surface area contributed by atoms with Crippen molar-refractivity contribution >= 4 is 32.9 Å². The molecule has 1 aromatic carbocycles. The molecule has 1 aromatic heterocycles. The summed E-state index contributed by atoms with van der Waals surface area (Å²) in [5.74, 6) is 1.36. The second-order valence-corrected chi connectivity index (χ2v) is 6.01. The predicted octanol–water partition coefficient (Wildman–Crippen LogP) is 3.20. The zero-order chi connectivity index (χ0) is 13.2. The number of aromatic nitrogens is 2. The molecule has 0 amide bonds. The highest BCUT2D eigenvalue weighted by atomic mass is 79.9. The van der Waals surface area contributed by atoms with Crippen molar-refractivity contribution < 1.29 is 4.74 Å². The van der Waals surface area contributed by atoms with E-state index in [0.29, 0.717) is 5.95 Å². The molecule has 4 nitrogen and oxygen atoms in total. The first-order chi connectivity index (χ1) is 9.24. The van der Waals surface area contributed by atoms with Crippen LogP contribution < -0.4 is 5.73 Å². The molecular formula is C14H18BrN3O. The molecule has 102 valence electrons. The minimum atomic E-state index is 0.611. The smallest absolute Gasteiger partial charge is 0.201 e. The van der Waals surface area contributed by atoms with Crippen molar-refractivity contribution in [3.63, 3.8) is 0 Å². The van der Waals surface area contributed by atoms with E-state index in [9.17, 15) is 0 Å². The van der Waals surface area contributed by atoms with Gasteiger partial charge in [-0.25, -0.2) is 4.98 Å². The van der Waals surface area contributed by atoms with E-state index >= 15 is 0 Å². The lowest BCUT2D eigenvalue weighted by Gasteiger charge is -2.22. The highest BCUT2D eigenvalue weighted by molar-refractivity contribution is 9.10. The Balaban J connectivity index is 1.78. The van der Waals surface area contributed by atoms with Gasteiger partial charge in [-0.15, -0.1) is 0 Å². The molecule has 0 aliphatic carbocycles. The Morgan fingerprint density at radius 1 is 1.37 bits per heavy atom. The van der Waals surface area contributed by atoms with Gasteiger partial charge < -0.3 is 15.0 Å². The zero-order valence-corrected chi connectivity index (χ0v) is 12.4. The standard InChI is InChI=1S/C14H18BrN3O/c15-11-1-2-13-12(9-11)17-14(16)18(13)6-3-10-4-7-19-8-5-10/h1-2,9-10H,3-8H2,(H2,16,17). The van der Waals surface area contributed by atoms with Crippen LogP contribution in [0.5, 0.6) is 0 Å². The van der Waals surface area contributed by atoms with Crippen LogP contribution in [0.25, 0.3) is 11.0 Å². The van der Waals surface area contributed by atoms with Crippen LogP contribution in [-0.4, -0.2) is 22.8 Å². The van der Waals surface area contributed by atoms with Gasteiger partial charge in [-0.1, -0.05) is 15.9 Å². The molecular weight excluding hydrogens is 306 g/mol. The van der Waals surface area contributed by atoms with Gasteiger partial charge in [0.2, 0.25) is 5.95 Å². The van der Waals surface area contributed by atoms with Crippen molar-refractivity contribution in [3.8, 4) is 0 Å². The zero-order valence-electron chi connectivity index (χ0n) is 10.8. The number of nitrogen functional groups attached to an aromatic ring is 1. The summed E-state index contributed by atoms with van der Waals surface area (Å²) in [5.41, 5.74) is 8.11. The molecule has 1 saturated heterocycles. The number of halogens is 1. The van der Waals surface area contributed by atoms with E-state index in [2.05, 4.69) is 31.5 Å². The van der Waals surface area contributed by atoms with Crippen LogP contribution in [0.4, 0.5) is 5.95 Å². The number of imidazole rings is 1. The van der Waals surface area contributed by atoms with Crippen LogP contribution in [0.15, 0.2) is 22.7 Å². The van der Waals surface area contributed by atoms with Gasteiger partial charge in [-0.2, -0.15) is 0 Å². The summed E-state index contributed by atoms with van der Waals surface area (Å²) in [6, 6.07) is 6.12. The fourth-order valence-electron chi connectivity index (χ4n) is 2.70. The number of hydrogen-bond donors (Lipinski definition) is 1. The van der Waals surface area contributed by atoms with E-state index in [0.717, 1.165) is 60.4 Å². The van der Waals surface area contributed by atoms with Crippen LogP contribution >= 0.6 is 15.9 Å². The summed E-state index contributed by atoms with van der Waals surface area (Å²) in [7, 11) is 0. The van der Waals surface area contributed by atoms with Gasteiger partial charge >= 0.3 is 0 Å². The number of ether oxygens (including phenoxy) is 1. The lowest BCUT2D eigenvalue weighted by Crippen LogP contribution is -2.17. The summed E-state index contributed by atoms with van der Waals surface area (Å²) in [6.07, 6.45) is 3.48. The molecule has 5 heteroatoms. The van der Waals surface area contributed by atoms with E-state index < -0.39 is 0 Å². The SMILES string of the molecule is Nc1nc2cc(Br)ccc2n1CCC1CCOCC1. The maximum Gasteiger partial charge on any atom is 0.201 e. The molecule has 1 aliphatic heterocycles. The van der Waals surface area contributed by atoms with Crippen LogP contribution in [0.2, 0.25) is 0 Å². The molecule has 19 heavy (non-hydrogen) atoms. The van der Waals surface area contributed by atoms with E-state index in [1.165, 1.54) is 0 Å². The molecule has 1 aliphatic rings. The van der Waals surface area contributed by atoms with Crippen molar-refractivity contribution in [2.75, 3.05) is 18.9 Å². The molecule has 0 bridgehead atoms. The molecule has 2 heterocycles. The van der Waals surface area contributed by atoms with Crippen molar-refractivity contribution in [1.29, 1.82) is 0 Å². The lowest BCUT2D eigenvalue weighted by atomic mass is 9.96. The van der Waals surface area contributed by atoms with Crippen LogP contribution in [0.3, 0.4) is 0 Å². The highest BCUT2D eigenvalue weighted by Crippen LogP contribution is 2.25. The minimum absolute atomic E-state index is 0.611. The number of benzene rings is 1. The number of anilines is 1. The Hall–Kier alpha value is -1.07. The van der Waals surface area contributed by atoms with Crippen LogP contribution in [-0.2, 0) is 11.3 Å². The van der Waals surface area contributed by atoms with E-state index in [-0.39, 0.29) is 0 Å². The van der Waals surface area contributed by atoms with E-state index in [4.69, 9.17) is 10.5 Å². The van der Waals surface area contributed by atoms with Gasteiger partial charge in [0.1, 0.15) is 0 Å². The van der Waals surface area contributed by atoms with Crippen molar-refractivity contribution in [1.82, 2.24) is 9.55 Å². The fraction of sp³-hybridized carbons (Fsp3) is 0.500. The number of nitrogens with zero attached hydrogens (tertiary/aromatic N) is 2.